The highest BCUT2D eigenvalue weighted by atomic mass is 32.1. The summed E-state index contributed by atoms with van der Waals surface area (Å²) >= 11 is 1.50. The van der Waals surface area contributed by atoms with Crippen LogP contribution in [-0.4, -0.2) is 31.2 Å². The van der Waals surface area contributed by atoms with Crippen molar-refractivity contribution >= 4 is 17.2 Å². The summed E-state index contributed by atoms with van der Waals surface area (Å²) in [6, 6.07) is 14.5. The third-order valence-corrected chi connectivity index (χ3v) is 5.03. The zero-order chi connectivity index (χ0) is 20.6. The van der Waals surface area contributed by atoms with Gasteiger partial charge < -0.3 is 14.8 Å². The van der Waals surface area contributed by atoms with Crippen molar-refractivity contribution in [2.45, 2.75) is 19.5 Å². The molecule has 5 nitrogen and oxygen atoms in total. The van der Waals surface area contributed by atoms with Crippen LogP contribution in [0.25, 0.3) is 10.6 Å². The maximum atomic E-state index is 12.4. The van der Waals surface area contributed by atoms with Crippen molar-refractivity contribution in [1.29, 1.82) is 0 Å². The molecule has 0 atom stereocenters. The number of benzene rings is 2. The Labute approximate surface area is 171 Å². The molecule has 1 aromatic heterocycles. The Kier molecular flexibility index (Phi) is 7.13. The normalized spacial score (nSPS) is 10.8. The third-order valence-electron chi connectivity index (χ3n) is 4.09. The van der Waals surface area contributed by atoms with E-state index >= 15 is 0 Å². The number of aromatic nitrogens is 1. The van der Waals surface area contributed by atoms with Crippen LogP contribution in [-0.2, 0) is 17.6 Å². The summed E-state index contributed by atoms with van der Waals surface area (Å²) in [6.45, 7) is -2.51. The van der Waals surface area contributed by atoms with Gasteiger partial charge in [-0.25, -0.2) is 4.98 Å². The Morgan fingerprint density at radius 2 is 1.97 bits per heavy atom. The van der Waals surface area contributed by atoms with Crippen LogP contribution in [0.2, 0.25) is 0 Å². The van der Waals surface area contributed by atoms with Gasteiger partial charge >= 0.3 is 6.61 Å². The molecule has 0 saturated carbocycles. The molecular weight excluding hydrogens is 398 g/mol. The van der Waals surface area contributed by atoms with Crippen LogP contribution in [0.15, 0.2) is 53.9 Å². The van der Waals surface area contributed by atoms with Gasteiger partial charge in [0, 0.05) is 17.5 Å². The Bertz CT molecular complexity index is 948. The van der Waals surface area contributed by atoms with Gasteiger partial charge in [0.25, 0.3) is 0 Å². The highest BCUT2D eigenvalue weighted by Crippen LogP contribution is 2.29. The van der Waals surface area contributed by atoms with E-state index in [0.29, 0.717) is 13.0 Å². The van der Waals surface area contributed by atoms with Crippen molar-refractivity contribution < 1.29 is 23.0 Å². The first-order chi connectivity index (χ1) is 14.0. The van der Waals surface area contributed by atoms with E-state index in [9.17, 15) is 13.6 Å². The maximum Gasteiger partial charge on any atom is 0.387 e. The van der Waals surface area contributed by atoms with E-state index in [-0.39, 0.29) is 23.8 Å². The van der Waals surface area contributed by atoms with Crippen molar-refractivity contribution in [3.05, 3.63) is 65.2 Å². The first-order valence-electron chi connectivity index (χ1n) is 8.93. The summed E-state index contributed by atoms with van der Waals surface area (Å²) in [6.07, 6.45) is 0.733. The second-order valence-corrected chi connectivity index (χ2v) is 7.01. The number of alkyl halides is 2. The predicted octanol–water partition coefficient (Wildman–Crippen LogP) is 4.32. The van der Waals surface area contributed by atoms with E-state index in [2.05, 4.69) is 15.0 Å². The van der Waals surface area contributed by atoms with Crippen molar-refractivity contribution in [3.8, 4) is 22.1 Å². The number of carbonyl (C=O) groups is 1. The fourth-order valence-corrected chi connectivity index (χ4v) is 3.56. The second kappa shape index (κ2) is 9.97. The lowest BCUT2D eigenvalue weighted by molar-refractivity contribution is -0.120. The van der Waals surface area contributed by atoms with E-state index in [1.54, 1.807) is 12.1 Å². The van der Waals surface area contributed by atoms with Gasteiger partial charge in [-0.15, -0.1) is 11.3 Å². The Morgan fingerprint density at radius 1 is 1.17 bits per heavy atom. The van der Waals surface area contributed by atoms with Crippen LogP contribution in [0.1, 0.15) is 11.3 Å². The zero-order valence-corrected chi connectivity index (χ0v) is 16.5. The molecule has 0 spiro atoms. The molecule has 0 aliphatic carbocycles. The summed E-state index contributed by atoms with van der Waals surface area (Å²) < 4.78 is 34.2. The first-order valence-corrected chi connectivity index (χ1v) is 9.81. The lowest BCUT2D eigenvalue weighted by Crippen LogP contribution is -2.27. The number of nitrogens with zero attached hydrogens (tertiary/aromatic N) is 1. The Morgan fingerprint density at radius 3 is 2.69 bits per heavy atom. The molecule has 3 aromatic rings. The lowest BCUT2D eigenvalue weighted by atomic mass is 10.1. The van der Waals surface area contributed by atoms with Crippen LogP contribution in [0.4, 0.5) is 8.78 Å². The van der Waals surface area contributed by atoms with E-state index in [4.69, 9.17) is 4.74 Å². The Hall–Kier alpha value is -3.00. The number of thiazole rings is 1. The number of rotatable bonds is 9. The molecule has 8 heteroatoms. The minimum absolute atomic E-state index is 0.0203. The third kappa shape index (κ3) is 5.99. The summed E-state index contributed by atoms with van der Waals surface area (Å²) in [5.41, 5.74) is 2.59. The minimum atomic E-state index is -2.91. The molecule has 1 amide bonds. The van der Waals surface area contributed by atoms with E-state index in [1.165, 1.54) is 24.5 Å². The summed E-state index contributed by atoms with van der Waals surface area (Å²) in [7, 11) is 1.39. The molecule has 1 N–H and O–H groups in total. The molecule has 0 aliphatic heterocycles. The number of nitrogens with one attached hydrogen (secondary N) is 1. The van der Waals surface area contributed by atoms with Crippen LogP contribution in [0.5, 0.6) is 11.5 Å². The van der Waals surface area contributed by atoms with Gasteiger partial charge in [-0.1, -0.05) is 36.4 Å². The van der Waals surface area contributed by atoms with Gasteiger partial charge in [0.2, 0.25) is 5.91 Å². The highest BCUT2D eigenvalue weighted by molar-refractivity contribution is 7.13. The molecule has 0 unspecified atom stereocenters. The van der Waals surface area contributed by atoms with Gasteiger partial charge in [-0.3, -0.25) is 4.79 Å². The summed E-state index contributed by atoms with van der Waals surface area (Å²) in [5.74, 6) is 0.0811. The standard InChI is InChI=1S/C21H20F2N2O3S/c1-27-18-11-14(7-8-17(18)28-21(22)23)9-10-24-19(26)12-16-13-29-20(25-16)15-5-3-2-4-6-15/h2-8,11,13,21H,9-10,12H2,1H3,(H,24,26). The number of amides is 1. The highest BCUT2D eigenvalue weighted by Gasteiger charge is 2.12. The zero-order valence-electron chi connectivity index (χ0n) is 15.7. The fourth-order valence-electron chi connectivity index (χ4n) is 2.74. The fraction of sp³-hybridized carbons (Fsp3) is 0.238. The smallest absolute Gasteiger partial charge is 0.387 e. The van der Waals surface area contributed by atoms with Gasteiger partial charge in [-0.05, 0) is 24.1 Å². The number of carbonyl (C=O) groups excluding carboxylic acids is 1. The SMILES string of the molecule is COc1cc(CCNC(=O)Cc2csc(-c3ccccc3)n2)ccc1OC(F)F. The summed E-state index contributed by atoms with van der Waals surface area (Å²) in [4.78, 5) is 16.7. The maximum absolute atomic E-state index is 12.4. The largest absolute Gasteiger partial charge is 0.493 e. The Balaban J connectivity index is 1.49. The lowest BCUT2D eigenvalue weighted by Gasteiger charge is -2.11. The van der Waals surface area contributed by atoms with E-state index in [1.807, 2.05) is 35.7 Å². The van der Waals surface area contributed by atoms with Crippen molar-refractivity contribution in [2.75, 3.05) is 13.7 Å². The summed E-state index contributed by atoms with van der Waals surface area (Å²) in [5, 5.41) is 5.61. The number of hydrogen-bond donors (Lipinski definition) is 1. The molecule has 0 bridgehead atoms. The van der Waals surface area contributed by atoms with Gasteiger partial charge in [0.15, 0.2) is 11.5 Å². The molecular formula is C21H20F2N2O3S. The van der Waals surface area contributed by atoms with Crippen LogP contribution in [0.3, 0.4) is 0 Å². The van der Waals surface area contributed by atoms with Crippen LogP contribution in [0, 0.1) is 0 Å². The average molecular weight is 418 g/mol. The van der Waals surface area contributed by atoms with E-state index in [0.717, 1.165) is 21.8 Å². The van der Waals surface area contributed by atoms with Crippen molar-refractivity contribution in [2.24, 2.45) is 0 Å². The van der Waals surface area contributed by atoms with Gasteiger partial charge in [0.1, 0.15) is 5.01 Å². The number of ether oxygens (including phenoxy) is 2. The average Bonchev–Trinajstić information content (AvgIpc) is 3.17. The number of methoxy groups -OCH3 is 1. The first kappa shape index (κ1) is 20.7. The van der Waals surface area contributed by atoms with E-state index < -0.39 is 6.61 Å². The molecule has 29 heavy (non-hydrogen) atoms. The second-order valence-electron chi connectivity index (χ2n) is 6.15. The molecule has 2 aromatic carbocycles. The van der Waals surface area contributed by atoms with Crippen molar-refractivity contribution in [1.82, 2.24) is 10.3 Å². The topological polar surface area (TPSA) is 60.5 Å². The molecule has 3 rings (SSSR count). The molecule has 0 radical (unpaired) electrons. The molecule has 1 heterocycles. The molecule has 0 fully saturated rings. The number of halogens is 2. The van der Waals surface area contributed by atoms with Crippen LogP contribution < -0.4 is 14.8 Å². The quantitative estimate of drug-likeness (QED) is 0.562. The monoisotopic (exact) mass is 418 g/mol. The number of hydrogen-bond acceptors (Lipinski definition) is 5. The molecule has 0 saturated heterocycles. The predicted molar refractivity (Wildman–Crippen MR) is 108 cm³/mol. The van der Waals surface area contributed by atoms with Crippen molar-refractivity contribution in [3.63, 3.8) is 0 Å². The molecule has 0 aliphatic rings. The minimum Gasteiger partial charge on any atom is -0.493 e. The molecule has 152 valence electrons. The van der Waals surface area contributed by atoms with Gasteiger partial charge in [0.05, 0.1) is 19.2 Å². The van der Waals surface area contributed by atoms with Gasteiger partial charge in [-0.2, -0.15) is 8.78 Å². The van der Waals surface area contributed by atoms with Crippen LogP contribution >= 0.6 is 11.3 Å².